The van der Waals surface area contributed by atoms with Gasteiger partial charge in [-0.05, 0) is 43.9 Å². The first-order valence-corrected chi connectivity index (χ1v) is 8.87. The molecule has 5 nitrogen and oxygen atoms in total. The predicted molar refractivity (Wildman–Crippen MR) is 79.2 cm³/mol. The molecular formula is C13H18BrNO4S. The van der Waals surface area contributed by atoms with Gasteiger partial charge >= 0.3 is 0 Å². The van der Waals surface area contributed by atoms with Crippen molar-refractivity contribution in [1.29, 1.82) is 0 Å². The number of sulfonamides is 1. The van der Waals surface area contributed by atoms with Gasteiger partial charge in [-0.2, -0.15) is 0 Å². The Morgan fingerprint density at radius 3 is 2.90 bits per heavy atom. The van der Waals surface area contributed by atoms with Crippen LogP contribution in [0.1, 0.15) is 25.7 Å². The summed E-state index contributed by atoms with van der Waals surface area (Å²) in [5.74, 6) is 0.294. The highest BCUT2D eigenvalue weighted by Crippen LogP contribution is 2.27. The highest BCUT2D eigenvalue weighted by Gasteiger charge is 2.17. The Bertz CT molecular complexity index is 555. The van der Waals surface area contributed by atoms with E-state index >= 15 is 0 Å². The Hall–Kier alpha value is -0.630. The van der Waals surface area contributed by atoms with E-state index < -0.39 is 10.0 Å². The molecule has 1 heterocycles. The Balaban J connectivity index is 1.92. The molecule has 0 aliphatic carbocycles. The number of nitrogens with two attached hydrogens (primary N) is 1. The largest absolute Gasteiger partial charge is 0.492 e. The van der Waals surface area contributed by atoms with Crippen molar-refractivity contribution < 1.29 is 17.9 Å². The maximum absolute atomic E-state index is 11.5. The number of benzene rings is 1. The second-order valence-corrected chi connectivity index (χ2v) is 7.21. The van der Waals surface area contributed by atoms with E-state index in [0.29, 0.717) is 22.9 Å². The Labute approximate surface area is 127 Å². The van der Waals surface area contributed by atoms with Gasteiger partial charge in [0.15, 0.2) is 0 Å². The van der Waals surface area contributed by atoms with E-state index in [0.717, 1.165) is 32.3 Å². The van der Waals surface area contributed by atoms with Gasteiger partial charge in [-0.25, -0.2) is 13.6 Å². The number of rotatable bonds is 6. The van der Waals surface area contributed by atoms with Gasteiger partial charge < -0.3 is 9.47 Å². The topological polar surface area (TPSA) is 78.6 Å². The van der Waals surface area contributed by atoms with E-state index in [1.54, 1.807) is 12.1 Å². The second-order valence-electron chi connectivity index (χ2n) is 4.76. The predicted octanol–water partition coefficient (Wildman–Crippen LogP) is 2.43. The van der Waals surface area contributed by atoms with Crippen molar-refractivity contribution >= 4 is 26.0 Å². The molecule has 1 unspecified atom stereocenters. The lowest BCUT2D eigenvalue weighted by Gasteiger charge is -2.12. The van der Waals surface area contributed by atoms with Crippen LogP contribution in [-0.4, -0.2) is 27.7 Å². The molecule has 2 rings (SSSR count). The lowest BCUT2D eigenvalue weighted by molar-refractivity contribution is 0.0980. The zero-order chi connectivity index (χ0) is 14.6. The van der Waals surface area contributed by atoms with Crippen molar-refractivity contribution in [3.8, 4) is 5.75 Å². The highest BCUT2D eigenvalue weighted by molar-refractivity contribution is 9.10. The van der Waals surface area contributed by atoms with E-state index in [1.807, 2.05) is 0 Å². The van der Waals surface area contributed by atoms with Crippen molar-refractivity contribution in [2.45, 2.75) is 36.7 Å². The van der Waals surface area contributed by atoms with Crippen LogP contribution >= 0.6 is 15.9 Å². The van der Waals surface area contributed by atoms with Gasteiger partial charge in [-0.3, -0.25) is 0 Å². The summed E-state index contributed by atoms with van der Waals surface area (Å²) in [6.07, 6.45) is 4.29. The number of halogens is 1. The summed E-state index contributed by atoms with van der Waals surface area (Å²) in [5, 5.41) is 5.18. The van der Waals surface area contributed by atoms with E-state index in [9.17, 15) is 8.42 Å². The second kappa shape index (κ2) is 6.89. The molecule has 1 fully saturated rings. The van der Waals surface area contributed by atoms with Crippen LogP contribution in [0, 0.1) is 0 Å². The van der Waals surface area contributed by atoms with Gasteiger partial charge in [0.05, 0.1) is 12.7 Å². The van der Waals surface area contributed by atoms with Crippen LogP contribution in [0.4, 0.5) is 0 Å². The van der Waals surface area contributed by atoms with Crippen LogP contribution in [0.3, 0.4) is 0 Å². The quantitative estimate of drug-likeness (QED) is 0.787. The zero-order valence-corrected chi connectivity index (χ0v) is 13.5. The minimum Gasteiger partial charge on any atom is -0.492 e. The van der Waals surface area contributed by atoms with E-state index in [-0.39, 0.29) is 4.90 Å². The molecule has 112 valence electrons. The Morgan fingerprint density at radius 1 is 1.45 bits per heavy atom. The lowest BCUT2D eigenvalue weighted by Crippen LogP contribution is -2.14. The first-order chi connectivity index (χ1) is 9.47. The smallest absolute Gasteiger partial charge is 0.241 e. The number of hydrogen-bond donors (Lipinski definition) is 1. The molecule has 1 aromatic carbocycles. The molecular weight excluding hydrogens is 346 g/mol. The fourth-order valence-corrected chi connectivity index (χ4v) is 3.40. The summed E-state index contributed by atoms with van der Waals surface area (Å²) >= 11 is 3.22. The zero-order valence-electron chi connectivity index (χ0n) is 11.0. The van der Waals surface area contributed by atoms with E-state index in [4.69, 9.17) is 14.6 Å². The molecule has 2 N–H and O–H groups in total. The van der Waals surface area contributed by atoms with Crippen LogP contribution in [-0.2, 0) is 14.8 Å². The third kappa shape index (κ3) is 4.44. The van der Waals surface area contributed by atoms with Gasteiger partial charge in [0.25, 0.3) is 0 Å². The molecule has 1 aromatic rings. The third-order valence-corrected chi connectivity index (χ3v) is 4.59. The molecule has 1 aliphatic rings. The minimum absolute atomic E-state index is 0.00370. The van der Waals surface area contributed by atoms with Crippen LogP contribution in [0.5, 0.6) is 5.75 Å². The monoisotopic (exact) mass is 363 g/mol. The summed E-state index contributed by atoms with van der Waals surface area (Å²) in [4.78, 5) is 0.00370. The average molecular weight is 364 g/mol. The Morgan fingerprint density at radius 2 is 2.25 bits per heavy atom. The van der Waals surface area contributed by atoms with Gasteiger partial charge in [0, 0.05) is 11.1 Å². The molecule has 0 amide bonds. The van der Waals surface area contributed by atoms with Crippen molar-refractivity contribution in [2.24, 2.45) is 5.14 Å². The van der Waals surface area contributed by atoms with E-state index in [2.05, 4.69) is 15.9 Å². The average Bonchev–Trinajstić information content (AvgIpc) is 2.88. The summed E-state index contributed by atoms with van der Waals surface area (Å²) in [6.45, 7) is 1.29. The molecule has 1 atom stereocenters. The lowest BCUT2D eigenvalue weighted by atomic mass is 10.1. The molecule has 1 saturated heterocycles. The van der Waals surface area contributed by atoms with Crippen LogP contribution in [0.2, 0.25) is 0 Å². The summed E-state index contributed by atoms with van der Waals surface area (Å²) in [7, 11) is -3.79. The fraction of sp³-hybridized carbons (Fsp3) is 0.538. The van der Waals surface area contributed by atoms with Gasteiger partial charge in [0.1, 0.15) is 10.6 Å². The van der Waals surface area contributed by atoms with Crippen LogP contribution in [0.25, 0.3) is 0 Å². The van der Waals surface area contributed by atoms with Crippen molar-refractivity contribution in [3.05, 3.63) is 22.7 Å². The number of ether oxygens (including phenoxy) is 2. The van der Waals surface area contributed by atoms with E-state index in [1.165, 1.54) is 6.07 Å². The molecule has 7 heteroatoms. The summed E-state index contributed by atoms with van der Waals surface area (Å²) in [6, 6.07) is 4.78. The first-order valence-electron chi connectivity index (χ1n) is 6.53. The SMILES string of the molecule is NS(=O)(=O)c1cc(Br)ccc1OCCCC1CCCO1. The first kappa shape index (κ1) is 15.8. The standard InChI is InChI=1S/C13H18BrNO4S/c14-10-5-6-12(13(9-10)20(15,16)17)19-8-2-4-11-3-1-7-18-11/h5-6,9,11H,1-4,7-8H2,(H2,15,16,17). The maximum atomic E-state index is 11.5. The van der Waals surface area contributed by atoms with Gasteiger partial charge in [-0.15, -0.1) is 0 Å². The van der Waals surface area contributed by atoms with Crippen molar-refractivity contribution in [2.75, 3.05) is 13.2 Å². The minimum atomic E-state index is -3.79. The summed E-state index contributed by atoms with van der Waals surface area (Å²) < 4.78 is 34.7. The maximum Gasteiger partial charge on any atom is 0.241 e. The van der Waals surface area contributed by atoms with Crippen molar-refractivity contribution in [3.63, 3.8) is 0 Å². The molecule has 1 aliphatic heterocycles. The van der Waals surface area contributed by atoms with Crippen LogP contribution in [0.15, 0.2) is 27.6 Å². The molecule has 0 saturated carbocycles. The molecule has 0 bridgehead atoms. The molecule has 0 radical (unpaired) electrons. The highest BCUT2D eigenvalue weighted by atomic mass is 79.9. The van der Waals surface area contributed by atoms with Crippen molar-refractivity contribution in [1.82, 2.24) is 0 Å². The molecule has 0 aromatic heterocycles. The third-order valence-electron chi connectivity index (χ3n) is 3.16. The summed E-state index contributed by atoms with van der Waals surface area (Å²) in [5.41, 5.74) is 0. The normalized spacial score (nSPS) is 19.2. The number of hydrogen-bond acceptors (Lipinski definition) is 4. The Kier molecular flexibility index (Phi) is 5.42. The van der Waals surface area contributed by atoms with Gasteiger partial charge in [0.2, 0.25) is 10.0 Å². The fourth-order valence-electron chi connectivity index (χ4n) is 2.19. The van der Waals surface area contributed by atoms with Crippen LogP contribution < -0.4 is 9.88 Å². The number of primary sulfonamides is 1. The van der Waals surface area contributed by atoms with Gasteiger partial charge in [-0.1, -0.05) is 15.9 Å². The molecule has 20 heavy (non-hydrogen) atoms. The molecule has 0 spiro atoms.